The third-order valence-electron chi connectivity index (χ3n) is 4.60. The number of aliphatic hydroxyl groups excluding tert-OH is 1. The van der Waals surface area contributed by atoms with Crippen molar-refractivity contribution in [3.8, 4) is 0 Å². The van der Waals surface area contributed by atoms with Crippen LogP contribution in [0.3, 0.4) is 0 Å². The zero-order valence-corrected chi connectivity index (χ0v) is 11.1. The quantitative estimate of drug-likeness (QED) is 0.685. The van der Waals surface area contributed by atoms with E-state index in [9.17, 15) is 5.11 Å². The highest BCUT2D eigenvalue weighted by molar-refractivity contribution is 4.93. The first-order chi connectivity index (χ1) is 8.35. The van der Waals surface area contributed by atoms with Crippen LogP contribution < -0.4 is 10.6 Å². The van der Waals surface area contributed by atoms with E-state index in [0.717, 1.165) is 18.4 Å². The van der Waals surface area contributed by atoms with E-state index in [1.807, 2.05) is 0 Å². The van der Waals surface area contributed by atoms with Gasteiger partial charge in [-0.15, -0.1) is 0 Å². The van der Waals surface area contributed by atoms with Crippen LogP contribution in [0.15, 0.2) is 0 Å². The SMILES string of the molecule is CC[C@H](CO)NC1CCCC1C1CCCCN1. The molecular weight excluding hydrogens is 212 g/mol. The monoisotopic (exact) mass is 240 g/mol. The fraction of sp³-hybridized carbons (Fsp3) is 1.00. The molecular formula is C14H28N2O. The van der Waals surface area contributed by atoms with Crippen LogP contribution >= 0.6 is 0 Å². The zero-order valence-electron chi connectivity index (χ0n) is 11.1. The summed E-state index contributed by atoms with van der Waals surface area (Å²) in [6, 6.07) is 1.65. The van der Waals surface area contributed by atoms with Gasteiger partial charge in [0, 0.05) is 18.1 Å². The van der Waals surface area contributed by atoms with Gasteiger partial charge in [0.25, 0.3) is 0 Å². The summed E-state index contributed by atoms with van der Waals surface area (Å²) in [6.07, 6.45) is 9.10. The van der Waals surface area contributed by atoms with E-state index in [-0.39, 0.29) is 6.61 Å². The van der Waals surface area contributed by atoms with Crippen molar-refractivity contribution in [2.45, 2.75) is 70.0 Å². The minimum atomic E-state index is 0.276. The van der Waals surface area contributed by atoms with Crippen LogP contribution in [-0.2, 0) is 0 Å². The molecule has 2 fully saturated rings. The van der Waals surface area contributed by atoms with Gasteiger partial charge in [0.15, 0.2) is 0 Å². The summed E-state index contributed by atoms with van der Waals surface area (Å²) in [5, 5.41) is 16.7. The Labute approximate surface area is 105 Å². The number of piperidine rings is 1. The molecule has 1 aliphatic heterocycles. The number of hydrogen-bond donors (Lipinski definition) is 3. The van der Waals surface area contributed by atoms with Gasteiger partial charge in [-0.3, -0.25) is 0 Å². The number of nitrogens with one attached hydrogen (secondary N) is 2. The topological polar surface area (TPSA) is 44.3 Å². The Balaban J connectivity index is 1.87. The molecule has 0 amide bonds. The van der Waals surface area contributed by atoms with Crippen molar-refractivity contribution < 1.29 is 5.11 Å². The molecule has 3 heteroatoms. The molecule has 0 spiro atoms. The Morgan fingerprint density at radius 1 is 1.24 bits per heavy atom. The van der Waals surface area contributed by atoms with Crippen molar-refractivity contribution in [3.05, 3.63) is 0 Å². The first kappa shape index (κ1) is 13.3. The first-order valence-corrected chi connectivity index (χ1v) is 7.45. The van der Waals surface area contributed by atoms with Gasteiger partial charge in [-0.05, 0) is 44.6 Å². The average Bonchev–Trinajstić information content (AvgIpc) is 2.85. The van der Waals surface area contributed by atoms with Crippen LogP contribution in [0, 0.1) is 5.92 Å². The van der Waals surface area contributed by atoms with Crippen molar-refractivity contribution >= 4 is 0 Å². The maximum absolute atomic E-state index is 9.30. The molecule has 4 atom stereocenters. The second kappa shape index (κ2) is 6.72. The zero-order chi connectivity index (χ0) is 12.1. The van der Waals surface area contributed by atoms with Crippen molar-refractivity contribution in [1.29, 1.82) is 0 Å². The average molecular weight is 240 g/mol. The van der Waals surface area contributed by atoms with E-state index in [1.165, 1.54) is 45.1 Å². The molecule has 2 aliphatic rings. The highest BCUT2D eigenvalue weighted by Gasteiger charge is 2.34. The summed E-state index contributed by atoms with van der Waals surface area (Å²) >= 11 is 0. The maximum atomic E-state index is 9.30. The van der Waals surface area contributed by atoms with Crippen molar-refractivity contribution in [3.63, 3.8) is 0 Å². The maximum Gasteiger partial charge on any atom is 0.0584 e. The molecule has 1 heterocycles. The van der Waals surface area contributed by atoms with Crippen LogP contribution in [0.4, 0.5) is 0 Å². The van der Waals surface area contributed by atoms with Gasteiger partial charge < -0.3 is 15.7 Å². The van der Waals surface area contributed by atoms with Gasteiger partial charge >= 0.3 is 0 Å². The molecule has 0 aromatic carbocycles. The molecule has 1 aliphatic carbocycles. The van der Waals surface area contributed by atoms with Crippen LogP contribution in [0.5, 0.6) is 0 Å². The first-order valence-electron chi connectivity index (χ1n) is 7.45. The Morgan fingerprint density at radius 3 is 2.76 bits per heavy atom. The minimum Gasteiger partial charge on any atom is -0.395 e. The number of hydrogen-bond acceptors (Lipinski definition) is 3. The minimum absolute atomic E-state index is 0.276. The predicted octanol–water partition coefficient (Wildman–Crippen LogP) is 1.66. The third-order valence-corrected chi connectivity index (χ3v) is 4.60. The highest BCUT2D eigenvalue weighted by Crippen LogP contribution is 2.32. The lowest BCUT2D eigenvalue weighted by atomic mass is 9.88. The normalized spacial score (nSPS) is 36.0. The second-order valence-corrected chi connectivity index (χ2v) is 5.71. The standard InChI is InChI=1S/C14H28N2O/c1-2-11(10-17)16-14-8-5-6-12(14)13-7-3-4-9-15-13/h11-17H,2-10H2,1H3/t11-,12?,13?,14?/m1/s1. The fourth-order valence-corrected chi connectivity index (χ4v) is 3.52. The van der Waals surface area contributed by atoms with E-state index in [4.69, 9.17) is 0 Å². The van der Waals surface area contributed by atoms with Gasteiger partial charge in [0.2, 0.25) is 0 Å². The van der Waals surface area contributed by atoms with Crippen LogP contribution in [0.2, 0.25) is 0 Å². The molecule has 0 radical (unpaired) electrons. The molecule has 17 heavy (non-hydrogen) atoms. The summed E-state index contributed by atoms with van der Waals surface area (Å²) in [5.41, 5.74) is 0. The highest BCUT2D eigenvalue weighted by atomic mass is 16.3. The van der Waals surface area contributed by atoms with Crippen molar-refractivity contribution in [2.75, 3.05) is 13.2 Å². The third kappa shape index (κ3) is 3.43. The van der Waals surface area contributed by atoms with Gasteiger partial charge in [0.1, 0.15) is 0 Å². The molecule has 0 bridgehead atoms. The molecule has 3 N–H and O–H groups in total. The van der Waals surface area contributed by atoms with E-state index < -0.39 is 0 Å². The molecule has 0 aromatic rings. The van der Waals surface area contributed by atoms with Crippen molar-refractivity contribution in [2.24, 2.45) is 5.92 Å². The van der Waals surface area contributed by atoms with Crippen LogP contribution in [0.1, 0.15) is 51.9 Å². The summed E-state index contributed by atoms with van der Waals surface area (Å²) < 4.78 is 0. The molecule has 3 nitrogen and oxygen atoms in total. The molecule has 1 saturated carbocycles. The molecule has 0 aromatic heterocycles. The van der Waals surface area contributed by atoms with Crippen LogP contribution in [0.25, 0.3) is 0 Å². The summed E-state index contributed by atoms with van der Waals surface area (Å²) in [7, 11) is 0. The van der Waals surface area contributed by atoms with Gasteiger partial charge in [-0.2, -0.15) is 0 Å². The largest absolute Gasteiger partial charge is 0.395 e. The Hall–Kier alpha value is -0.120. The summed E-state index contributed by atoms with van der Waals surface area (Å²) in [6.45, 7) is 3.62. The summed E-state index contributed by atoms with van der Waals surface area (Å²) in [5.74, 6) is 0.788. The second-order valence-electron chi connectivity index (χ2n) is 5.71. The van der Waals surface area contributed by atoms with Gasteiger partial charge in [-0.25, -0.2) is 0 Å². The Bertz CT molecular complexity index is 212. The molecule has 2 rings (SSSR count). The molecule has 3 unspecified atom stereocenters. The van der Waals surface area contributed by atoms with Crippen molar-refractivity contribution in [1.82, 2.24) is 10.6 Å². The molecule has 100 valence electrons. The van der Waals surface area contributed by atoms with E-state index in [2.05, 4.69) is 17.6 Å². The lowest BCUT2D eigenvalue weighted by Crippen LogP contribution is -2.49. The lowest BCUT2D eigenvalue weighted by molar-refractivity contribution is 0.197. The Morgan fingerprint density at radius 2 is 2.12 bits per heavy atom. The number of rotatable bonds is 5. The lowest BCUT2D eigenvalue weighted by Gasteiger charge is -2.34. The van der Waals surface area contributed by atoms with Crippen LogP contribution in [-0.4, -0.2) is 36.4 Å². The smallest absolute Gasteiger partial charge is 0.0584 e. The van der Waals surface area contributed by atoms with Gasteiger partial charge in [-0.1, -0.05) is 19.8 Å². The Kier molecular flexibility index (Phi) is 5.26. The summed E-state index contributed by atoms with van der Waals surface area (Å²) in [4.78, 5) is 0. The van der Waals surface area contributed by atoms with E-state index in [0.29, 0.717) is 12.1 Å². The fourth-order valence-electron chi connectivity index (χ4n) is 3.52. The van der Waals surface area contributed by atoms with E-state index >= 15 is 0 Å². The van der Waals surface area contributed by atoms with E-state index in [1.54, 1.807) is 0 Å². The number of aliphatic hydroxyl groups is 1. The van der Waals surface area contributed by atoms with Gasteiger partial charge in [0.05, 0.1) is 6.61 Å². The molecule has 1 saturated heterocycles. The predicted molar refractivity (Wildman–Crippen MR) is 71.1 cm³/mol.